The van der Waals surface area contributed by atoms with E-state index in [-0.39, 0.29) is 5.41 Å². The van der Waals surface area contributed by atoms with Crippen LogP contribution in [0.25, 0.3) is 0 Å². The fourth-order valence-electron chi connectivity index (χ4n) is 1.37. The molecule has 0 saturated carbocycles. The molecule has 1 aliphatic rings. The van der Waals surface area contributed by atoms with Crippen molar-refractivity contribution in [3.05, 3.63) is 35.8 Å². The molecule has 0 aromatic heterocycles. The first-order valence-corrected chi connectivity index (χ1v) is 6.38. The molecule has 0 spiro atoms. The molecule has 15 heavy (non-hydrogen) atoms. The standard InChI is InChI=1S/C14H18S/c1-4-13-7-10-14(3,5-2)9-6-11-15-12-8-13/h2,6-10,12-13H,4,11H2,1,3H3/b9-6-,10-7-,12-8-. The fourth-order valence-corrected chi connectivity index (χ4v) is 2.00. The number of thioether (sulfide) groups is 1. The second kappa shape index (κ2) is 5.88. The van der Waals surface area contributed by atoms with E-state index in [1.165, 1.54) is 0 Å². The molecule has 0 radical (unpaired) electrons. The van der Waals surface area contributed by atoms with E-state index in [0.29, 0.717) is 5.92 Å². The Labute approximate surface area is 97.5 Å². The monoisotopic (exact) mass is 218 g/mol. The van der Waals surface area contributed by atoms with Gasteiger partial charge in [0.25, 0.3) is 0 Å². The molecule has 0 aliphatic carbocycles. The minimum atomic E-state index is -0.223. The van der Waals surface area contributed by atoms with Gasteiger partial charge in [-0.1, -0.05) is 43.2 Å². The van der Waals surface area contributed by atoms with Gasteiger partial charge in [-0.15, -0.1) is 18.2 Å². The molecule has 0 bridgehead atoms. The Bertz CT molecular complexity index is 317. The van der Waals surface area contributed by atoms with E-state index in [0.717, 1.165) is 12.2 Å². The number of allylic oxidation sites excluding steroid dienone is 4. The highest BCUT2D eigenvalue weighted by Crippen LogP contribution is 2.23. The van der Waals surface area contributed by atoms with Crippen molar-refractivity contribution in [2.45, 2.75) is 20.3 Å². The first-order valence-electron chi connectivity index (χ1n) is 5.33. The Morgan fingerprint density at radius 2 is 2.27 bits per heavy atom. The summed E-state index contributed by atoms with van der Waals surface area (Å²) in [5.41, 5.74) is -0.223. The molecule has 0 aromatic rings. The van der Waals surface area contributed by atoms with Gasteiger partial charge < -0.3 is 0 Å². The predicted molar refractivity (Wildman–Crippen MR) is 70.6 cm³/mol. The van der Waals surface area contributed by atoms with E-state index in [9.17, 15) is 0 Å². The molecule has 0 saturated heterocycles. The summed E-state index contributed by atoms with van der Waals surface area (Å²) in [5.74, 6) is 4.34. The van der Waals surface area contributed by atoms with Gasteiger partial charge in [0.05, 0.1) is 5.41 Å². The Balaban J connectivity index is 2.90. The van der Waals surface area contributed by atoms with Crippen LogP contribution in [0.5, 0.6) is 0 Å². The van der Waals surface area contributed by atoms with Gasteiger partial charge in [0.15, 0.2) is 0 Å². The average molecular weight is 218 g/mol. The highest BCUT2D eigenvalue weighted by atomic mass is 32.2. The molecular weight excluding hydrogens is 200 g/mol. The quantitative estimate of drug-likeness (QED) is 0.473. The number of rotatable bonds is 1. The summed E-state index contributed by atoms with van der Waals surface area (Å²) in [5, 5.41) is 2.18. The Hall–Kier alpha value is -0.870. The van der Waals surface area contributed by atoms with Crippen LogP contribution >= 0.6 is 11.8 Å². The van der Waals surface area contributed by atoms with E-state index in [1.807, 2.05) is 11.8 Å². The van der Waals surface area contributed by atoms with Crippen molar-refractivity contribution in [3.8, 4) is 12.3 Å². The van der Waals surface area contributed by atoms with Crippen molar-refractivity contribution < 1.29 is 0 Å². The van der Waals surface area contributed by atoms with Crippen LogP contribution in [-0.4, -0.2) is 5.75 Å². The highest BCUT2D eigenvalue weighted by Gasteiger charge is 2.13. The van der Waals surface area contributed by atoms with Crippen molar-refractivity contribution in [1.29, 1.82) is 0 Å². The van der Waals surface area contributed by atoms with Gasteiger partial charge in [0.1, 0.15) is 0 Å². The van der Waals surface area contributed by atoms with Crippen LogP contribution < -0.4 is 0 Å². The van der Waals surface area contributed by atoms with Crippen molar-refractivity contribution in [2.24, 2.45) is 11.3 Å². The molecule has 1 aliphatic heterocycles. The lowest BCUT2D eigenvalue weighted by atomic mass is 9.89. The van der Waals surface area contributed by atoms with E-state index in [2.05, 4.69) is 55.6 Å². The molecule has 0 nitrogen and oxygen atoms in total. The third-order valence-corrected chi connectivity index (χ3v) is 3.29. The van der Waals surface area contributed by atoms with Crippen LogP contribution in [0, 0.1) is 23.7 Å². The smallest absolute Gasteiger partial charge is 0.0643 e. The average Bonchev–Trinajstić information content (AvgIpc) is 2.27. The normalized spacial score (nSPS) is 37.5. The Morgan fingerprint density at radius 3 is 2.93 bits per heavy atom. The topological polar surface area (TPSA) is 0 Å². The molecule has 0 aromatic carbocycles. The zero-order valence-electron chi connectivity index (χ0n) is 9.44. The van der Waals surface area contributed by atoms with Crippen molar-refractivity contribution in [1.82, 2.24) is 0 Å². The van der Waals surface area contributed by atoms with Gasteiger partial charge in [-0.05, 0) is 24.7 Å². The molecule has 2 unspecified atom stereocenters. The summed E-state index contributed by atoms with van der Waals surface area (Å²) < 4.78 is 0. The van der Waals surface area contributed by atoms with E-state index in [1.54, 1.807) is 0 Å². The van der Waals surface area contributed by atoms with Crippen molar-refractivity contribution >= 4 is 11.8 Å². The molecule has 0 amide bonds. The molecule has 80 valence electrons. The first kappa shape index (κ1) is 12.2. The van der Waals surface area contributed by atoms with Gasteiger partial charge in [-0.2, -0.15) is 0 Å². The lowest BCUT2D eigenvalue weighted by Gasteiger charge is -2.15. The van der Waals surface area contributed by atoms with E-state index in [4.69, 9.17) is 6.42 Å². The number of hydrogen-bond acceptors (Lipinski definition) is 1. The lowest BCUT2D eigenvalue weighted by molar-refractivity contribution is 0.714. The largest absolute Gasteiger partial charge is 0.130 e. The van der Waals surface area contributed by atoms with Gasteiger partial charge in [0.2, 0.25) is 0 Å². The summed E-state index contributed by atoms with van der Waals surface area (Å²) in [6.45, 7) is 4.27. The third kappa shape index (κ3) is 4.01. The zero-order chi connectivity index (χ0) is 11.1. The summed E-state index contributed by atoms with van der Waals surface area (Å²) in [6, 6.07) is 0. The summed E-state index contributed by atoms with van der Waals surface area (Å²) in [4.78, 5) is 0. The summed E-state index contributed by atoms with van der Waals surface area (Å²) in [7, 11) is 0. The van der Waals surface area contributed by atoms with Crippen molar-refractivity contribution in [3.63, 3.8) is 0 Å². The minimum absolute atomic E-state index is 0.223. The van der Waals surface area contributed by atoms with Crippen LogP contribution in [-0.2, 0) is 0 Å². The molecular formula is C14H18S. The van der Waals surface area contributed by atoms with Crippen LogP contribution in [0.2, 0.25) is 0 Å². The van der Waals surface area contributed by atoms with Crippen LogP contribution in [0.4, 0.5) is 0 Å². The minimum Gasteiger partial charge on any atom is -0.130 e. The molecule has 1 heterocycles. The Kier molecular flexibility index (Phi) is 4.78. The summed E-state index contributed by atoms with van der Waals surface area (Å²) >= 11 is 1.81. The molecule has 1 rings (SSSR count). The highest BCUT2D eigenvalue weighted by molar-refractivity contribution is 8.02. The second-order valence-corrected chi connectivity index (χ2v) is 4.86. The van der Waals surface area contributed by atoms with Crippen LogP contribution in [0.1, 0.15) is 20.3 Å². The predicted octanol–water partition coefficient (Wildman–Crippen LogP) is 4.03. The van der Waals surface area contributed by atoms with Gasteiger partial charge >= 0.3 is 0 Å². The molecule has 1 heteroatoms. The van der Waals surface area contributed by atoms with Crippen LogP contribution in [0.15, 0.2) is 35.8 Å². The molecule has 0 fully saturated rings. The molecule has 0 N–H and O–H groups in total. The fraction of sp³-hybridized carbons (Fsp3) is 0.429. The third-order valence-electron chi connectivity index (χ3n) is 2.55. The zero-order valence-corrected chi connectivity index (χ0v) is 10.3. The van der Waals surface area contributed by atoms with E-state index < -0.39 is 0 Å². The maximum absolute atomic E-state index is 5.56. The number of hydrogen-bond donors (Lipinski definition) is 0. The van der Waals surface area contributed by atoms with Crippen LogP contribution in [0.3, 0.4) is 0 Å². The second-order valence-electron chi connectivity index (χ2n) is 3.92. The van der Waals surface area contributed by atoms with Crippen molar-refractivity contribution in [2.75, 3.05) is 5.75 Å². The lowest BCUT2D eigenvalue weighted by Crippen LogP contribution is -2.07. The Morgan fingerprint density at radius 1 is 1.47 bits per heavy atom. The van der Waals surface area contributed by atoms with Gasteiger partial charge in [-0.3, -0.25) is 0 Å². The SMILES string of the molecule is C#CC1(C)/C=C\CS/C=C\C(CC)/C=C\1. The summed E-state index contributed by atoms with van der Waals surface area (Å²) in [6.07, 6.45) is 17.5. The maximum atomic E-state index is 5.56. The maximum Gasteiger partial charge on any atom is 0.0643 e. The molecule has 2 atom stereocenters. The number of terminal acetylenes is 1. The van der Waals surface area contributed by atoms with E-state index >= 15 is 0 Å². The van der Waals surface area contributed by atoms with Gasteiger partial charge in [-0.25, -0.2) is 0 Å². The van der Waals surface area contributed by atoms with Gasteiger partial charge in [0, 0.05) is 5.75 Å². The first-order chi connectivity index (χ1) is 7.20.